The molecule has 0 unspecified atom stereocenters. The SMILES string of the molecule is Cc1ccc(S(=O)(=O)n2cc(-c3cc(N[C@H](C)c4ccccc4)ncn3)c3c(Oc4ccc5c(c4)CN(C(=O)OC(C)(C)C)CC5)ccnc32)cc1. The van der Waals surface area contributed by atoms with Gasteiger partial charge in [-0.25, -0.2) is 32.1 Å². The number of aromatic nitrogens is 4. The maximum atomic E-state index is 14.2. The Morgan fingerprint density at radius 2 is 1.69 bits per heavy atom. The number of aryl methyl sites for hydroxylation is 1. The molecule has 1 amide bonds. The molecule has 7 rings (SSSR count). The lowest BCUT2D eigenvalue weighted by atomic mass is 10.00. The Bertz CT molecular complexity index is 2370. The minimum atomic E-state index is -4.07. The van der Waals surface area contributed by atoms with Crippen LogP contribution in [0.2, 0.25) is 0 Å². The molecule has 3 aromatic heterocycles. The van der Waals surface area contributed by atoms with E-state index in [2.05, 4.69) is 20.3 Å². The lowest BCUT2D eigenvalue weighted by molar-refractivity contribution is 0.0223. The third-order valence-electron chi connectivity index (χ3n) is 8.87. The van der Waals surface area contributed by atoms with E-state index in [0.717, 1.165) is 22.3 Å². The van der Waals surface area contributed by atoms with Crippen molar-refractivity contribution < 1.29 is 22.7 Å². The van der Waals surface area contributed by atoms with E-state index in [1.807, 2.05) is 83.1 Å². The number of hydrogen-bond acceptors (Lipinski definition) is 9. The van der Waals surface area contributed by atoms with E-state index in [-0.39, 0.29) is 22.7 Å². The number of nitrogens with one attached hydrogen (secondary N) is 1. The molecule has 0 bridgehead atoms. The maximum absolute atomic E-state index is 14.2. The Morgan fingerprint density at radius 3 is 2.44 bits per heavy atom. The Morgan fingerprint density at radius 1 is 0.923 bits per heavy atom. The highest BCUT2D eigenvalue weighted by atomic mass is 32.2. The first-order valence-electron chi connectivity index (χ1n) is 17.1. The fourth-order valence-electron chi connectivity index (χ4n) is 6.22. The third-order valence-corrected chi connectivity index (χ3v) is 10.5. The summed E-state index contributed by atoms with van der Waals surface area (Å²) in [5.41, 5.74) is 4.66. The van der Waals surface area contributed by atoms with Crippen LogP contribution < -0.4 is 10.1 Å². The molecule has 0 spiro atoms. The molecule has 6 aromatic rings. The number of nitrogens with zero attached hydrogens (tertiary/aromatic N) is 5. The van der Waals surface area contributed by atoms with Crippen molar-refractivity contribution in [2.45, 2.75) is 64.1 Å². The van der Waals surface area contributed by atoms with Crippen LogP contribution in [0.15, 0.2) is 109 Å². The lowest BCUT2D eigenvalue weighted by Crippen LogP contribution is -2.39. The first-order valence-corrected chi connectivity index (χ1v) is 18.5. The van der Waals surface area contributed by atoms with Crippen molar-refractivity contribution in [2.24, 2.45) is 0 Å². The van der Waals surface area contributed by atoms with Gasteiger partial charge in [0.15, 0.2) is 5.65 Å². The molecule has 0 radical (unpaired) electrons. The summed E-state index contributed by atoms with van der Waals surface area (Å²) in [6.45, 7) is 10.4. The molecule has 266 valence electrons. The Kier molecular flexibility index (Phi) is 9.18. The summed E-state index contributed by atoms with van der Waals surface area (Å²) in [5.74, 6) is 1.49. The minimum Gasteiger partial charge on any atom is -0.457 e. The second kappa shape index (κ2) is 13.8. The zero-order valence-corrected chi connectivity index (χ0v) is 30.5. The molecule has 0 saturated carbocycles. The molecule has 11 nitrogen and oxygen atoms in total. The number of hydrogen-bond donors (Lipinski definition) is 1. The van der Waals surface area contributed by atoms with Gasteiger partial charge in [0.25, 0.3) is 10.0 Å². The van der Waals surface area contributed by atoms with E-state index in [0.29, 0.717) is 53.5 Å². The first kappa shape index (κ1) is 34.7. The van der Waals surface area contributed by atoms with Crippen molar-refractivity contribution in [3.63, 3.8) is 0 Å². The fraction of sp³-hybridized carbons (Fsp3) is 0.250. The lowest BCUT2D eigenvalue weighted by Gasteiger charge is -2.31. The monoisotopic (exact) mass is 716 g/mol. The molecule has 0 fully saturated rings. The van der Waals surface area contributed by atoms with Crippen LogP contribution in [0, 0.1) is 6.92 Å². The number of ether oxygens (including phenoxy) is 2. The molecule has 1 atom stereocenters. The Hall–Kier alpha value is -5.75. The second-order valence-electron chi connectivity index (χ2n) is 13.9. The van der Waals surface area contributed by atoms with E-state index in [9.17, 15) is 13.2 Å². The Balaban J connectivity index is 1.29. The van der Waals surface area contributed by atoms with E-state index >= 15 is 0 Å². The van der Waals surface area contributed by atoms with Gasteiger partial charge in [0, 0.05) is 43.2 Å². The number of pyridine rings is 1. The molecule has 0 saturated heterocycles. The summed E-state index contributed by atoms with van der Waals surface area (Å²) in [5, 5.41) is 3.90. The van der Waals surface area contributed by atoms with Crippen LogP contribution in [0.3, 0.4) is 0 Å². The average Bonchev–Trinajstić information content (AvgIpc) is 3.53. The van der Waals surface area contributed by atoms with Gasteiger partial charge >= 0.3 is 6.09 Å². The summed E-state index contributed by atoms with van der Waals surface area (Å²) in [6, 6.07) is 25.9. The Labute approximate surface area is 303 Å². The van der Waals surface area contributed by atoms with Crippen LogP contribution in [0.25, 0.3) is 22.3 Å². The number of amides is 1. The summed E-state index contributed by atoms with van der Waals surface area (Å²) in [7, 11) is -4.07. The van der Waals surface area contributed by atoms with Gasteiger partial charge in [-0.2, -0.15) is 0 Å². The molecule has 3 aromatic carbocycles. The van der Waals surface area contributed by atoms with Gasteiger partial charge in [0.05, 0.1) is 16.0 Å². The molecule has 0 aliphatic carbocycles. The summed E-state index contributed by atoms with van der Waals surface area (Å²) >= 11 is 0. The molecular formula is C40H40N6O5S. The number of carbonyl (C=O) groups excluding carboxylic acids is 1. The normalized spacial score (nSPS) is 13.8. The molecule has 1 aliphatic heterocycles. The van der Waals surface area contributed by atoms with Gasteiger partial charge in [-0.1, -0.05) is 54.1 Å². The average molecular weight is 717 g/mol. The van der Waals surface area contributed by atoms with Crippen LogP contribution in [0.4, 0.5) is 10.6 Å². The predicted molar refractivity (Wildman–Crippen MR) is 200 cm³/mol. The molecule has 4 heterocycles. The highest BCUT2D eigenvalue weighted by molar-refractivity contribution is 7.90. The van der Waals surface area contributed by atoms with Crippen molar-refractivity contribution >= 4 is 33.0 Å². The van der Waals surface area contributed by atoms with Gasteiger partial charge in [-0.05, 0) is 88.1 Å². The second-order valence-corrected chi connectivity index (χ2v) is 15.7. The standard InChI is InChI=1S/C40H40N6O5S/c1-26-11-15-32(16-12-26)52(48,49)46-24-33(34-22-36(43-25-42-34)44-27(2)28-9-7-6-8-10-28)37-35(17-19-41-38(37)46)50-31-14-13-29-18-20-45(23-30(29)21-31)39(47)51-40(3,4)5/h6-17,19,21-22,24-25,27H,18,20,23H2,1-5H3,(H,42,43,44)/t27-/m1/s1. The summed E-state index contributed by atoms with van der Waals surface area (Å²) in [4.78, 5) is 28.3. The van der Waals surface area contributed by atoms with E-state index in [4.69, 9.17) is 9.47 Å². The van der Waals surface area contributed by atoms with Crippen molar-refractivity contribution in [3.05, 3.63) is 126 Å². The van der Waals surface area contributed by atoms with E-state index in [1.165, 1.54) is 22.7 Å². The van der Waals surface area contributed by atoms with Crippen molar-refractivity contribution in [1.29, 1.82) is 0 Å². The number of fused-ring (bicyclic) bond motifs is 2. The molecular weight excluding hydrogens is 677 g/mol. The van der Waals surface area contributed by atoms with Crippen LogP contribution in [-0.4, -0.2) is 50.5 Å². The number of benzene rings is 3. The minimum absolute atomic E-state index is 0.0528. The summed E-state index contributed by atoms with van der Waals surface area (Å²) in [6.07, 6.45) is 4.84. The smallest absolute Gasteiger partial charge is 0.410 e. The largest absolute Gasteiger partial charge is 0.457 e. The van der Waals surface area contributed by atoms with Gasteiger partial charge < -0.3 is 19.7 Å². The zero-order valence-electron chi connectivity index (χ0n) is 29.7. The highest BCUT2D eigenvalue weighted by Crippen LogP contribution is 2.40. The molecule has 52 heavy (non-hydrogen) atoms. The van der Waals surface area contributed by atoms with E-state index < -0.39 is 15.6 Å². The van der Waals surface area contributed by atoms with Crippen molar-refractivity contribution in [1.82, 2.24) is 23.8 Å². The maximum Gasteiger partial charge on any atom is 0.410 e. The van der Waals surface area contributed by atoms with Crippen LogP contribution >= 0.6 is 0 Å². The number of rotatable bonds is 8. The number of carbonyl (C=O) groups is 1. The molecule has 12 heteroatoms. The zero-order chi connectivity index (χ0) is 36.6. The van der Waals surface area contributed by atoms with Gasteiger partial charge in [-0.15, -0.1) is 0 Å². The molecule has 1 N–H and O–H groups in total. The summed E-state index contributed by atoms with van der Waals surface area (Å²) < 4.78 is 41.7. The van der Waals surface area contributed by atoms with Crippen LogP contribution in [0.1, 0.15) is 56.0 Å². The van der Waals surface area contributed by atoms with Crippen molar-refractivity contribution in [3.8, 4) is 22.8 Å². The predicted octanol–water partition coefficient (Wildman–Crippen LogP) is 8.30. The van der Waals surface area contributed by atoms with Gasteiger partial charge in [0.2, 0.25) is 0 Å². The van der Waals surface area contributed by atoms with Gasteiger partial charge in [-0.3, -0.25) is 0 Å². The van der Waals surface area contributed by atoms with Gasteiger partial charge in [0.1, 0.15) is 29.2 Å². The topological polar surface area (TPSA) is 129 Å². The first-order chi connectivity index (χ1) is 24.9. The van der Waals surface area contributed by atoms with E-state index in [1.54, 1.807) is 41.3 Å². The quantitative estimate of drug-likeness (QED) is 0.165. The highest BCUT2D eigenvalue weighted by Gasteiger charge is 2.28. The molecule has 1 aliphatic rings. The van der Waals surface area contributed by atoms with Crippen molar-refractivity contribution in [2.75, 3.05) is 11.9 Å². The van der Waals surface area contributed by atoms with Crippen LogP contribution in [-0.2, 0) is 27.7 Å². The number of anilines is 1. The van der Waals surface area contributed by atoms with Crippen LogP contribution in [0.5, 0.6) is 11.5 Å². The third kappa shape index (κ3) is 7.20. The fourth-order valence-corrected chi connectivity index (χ4v) is 7.54.